The molecule has 2 N–H and O–H groups in total. The van der Waals surface area contributed by atoms with Crippen molar-refractivity contribution >= 4 is 44.5 Å². The molecule has 0 fully saturated rings. The number of allylic oxidation sites excluding steroid dienone is 1. The van der Waals surface area contributed by atoms with E-state index < -0.39 is 17.5 Å². The van der Waals surface area contributed by atoms with Crippen LogP contribution in [0.3, 0.4) is 0 Å². The van der Waals surface area contributed by atoms with E-state index in [4.69, 9.17) is 4.74 Å². The molecule has 0 spiro atoms. The Bertz CT molecular complexity index is 1100. The third-order valence-corrected chi connectivity index (χ3v) is 4.66. The Morgan fingerprint density at radius 3 is 2.54 bits per heavy atom. The standard InChI is InChI=1S/C22H17BrO5/c1-2-28-20-10-7-13-5-3-4-6-15(13)16(20)8-9-19(24)17-11-14(23)12-18(21(17)25)22(26)27/h3-12,25H,2H2,1H3,(H,26,27)/b9-8+. The van der Waals surface area contributed by atoms with Gasteiger partial charge >= 0.3 is 5.97 Å². The van der Waals surface area contributed by atoms with E-state index in [1.807, 2.05) is 43.3 Å². The number of hydrogen-bond acceptors (Lipinski definition) is 4. The lowest BCUT2D eigenvalue weighted by molar-refractivity contribution is 0.0693. The second-order valence-corrected chi connectivity index (χ2v) is 6.90. The highest BCUT2D eigenvalue weighted by Crippen LogP contribution is 2.31. The van der Waals surface area contributed by atoms with Crippen molar-refractivity contribution in [2.24, 2.45) is 0 Å². The fourth-order valence-electron chi connectivity index (χ4n) is 2.93. The van der Waals surface area contributed by atoms with Gasteiger partial charge < -0.3 is 14.9 Å². The fourth-order valence-corrected chi connectivity index (χ4v) is 3.39. The number of aromatic carboxylic acids is 1. The van der Waals surface area contributed by atoms with Crippen molar-refractivity contribution in [2.75, 3.05) is 6.61 Å². The van der Waals surface area contributed by atoms with E-state index >= 15 is 0 Å². The number of carboxylic acids is 1. The molecule has 0 bridgehead atoms. The van der Waals surface area contributed by atoms with Crippen LogP contribution in [0.1, 0.15) is 33.2 Å². The first-order valence-corrected chi connectivity index (χ1v) is 9.34. The number of carbonyl (C=O) groups is 2. The number of fused-ring (bicyclic) bond motifs is 1. The summed E-state index contributed by atoms with van der Waals surface area (Å²) >= 11 is 3.17. The first-order valence-electron chi connectivity index (χ1n) is 8.55. The maximum atomic E-state index is 12.7. The number of ketones is 1. The number of aromatic hydroxyl groups is 1. The average Bonchev–Trinajstić information content (AvgIpc) is 2.68. The van der Waals surface area contributed by atoms with Gasteiger partial charge in [0.05, 0.1) is 12.2 Å². The van der Waals surface area contributed by atoms with Gasteiger partial charge in [0, 0.05) is 10.0 Å². The molecular formula is C22H17BrO5. The monoisotopic (exact) mass is 440 g/mol. The van der Waals surface area contributed by atoms with Gasteiger partial charge in [-0.05, 0) is 48.0 Å². The zero-order valence-electron chi connectivity index (χ0n) is 15.0. The summed E-state index contributed by atoms with van der Waals surface area (Å²) in [5.74, 6) is -1.76. The normalized spacial score (nSPS) is 11.1. The van der Waals surface area contributed by atoms with Gasteiger partial charge in [0.1, 0.15) is 17.1 Å². The largest absolute Gasteiger partial charge is 0.506 e. The molecule has 0 aliphatic rings. The van der Waals surface area contributed by atoms with Crippen LogP contribution in [0.2, 0.25) is 0 Å². The lowest BCUT2D eigenvalue weighted by Crippen LogP contribution is -2.03. The van der Waals surface area contributed by atoms with Gasteiger partial charge in [-0.3, -0.25) is 4.79 Å². The summed E-state index contributed by atoms with van der Waals surface area (Å²) < 4.78 is 6.07. The molecule has 0 aliphatic carbocycles. The minimum Gasteiger partial charge on any atom is -0.506 e. The summed E-state index contributed by atoms with van der Waals surface area (Å²) in [6, 6.07) is 14.1. The highest BCUT2D eigenvalue weighted by Gasteiger charge is 2.18. The van der Waals surface area contributed by atoms with Crippen LogP contribution in [0.4, 0.5) is 0 Å². The van der Waals surface area contributed by atoms with Crippen LogP contribution in [-0.4, -0.2) is 28.6 Å². The maximum Gasteiger partial charge on any atom is 0.339 e. The smallest absolute Gasteiger partial charge is 0.339 e. The van der Waals surface area contributed by atoms with Gasteiger partial charge in [0.2, 0.25) is 0 Å². The highest BCUT2D eigenvalue weighted by molar-refractivity contribution is 9.10. The van der Waals surface area contributed by atoms with Crippen LogP contribution < -0.4 is 4.74 Å². The molecular weight excluding hydrogens is 424 g/mol. The number of halogens is 1. The fraction of sp³-hybridized carbons (Fsp3) is 0.0909. The van der Waals surface area contributed by atoms with Gasteiger partial charge in [-0.25, -0.2) is 4.79 Å². The summed E-state index contributed by atoms with van der Waals surface area (Å²) in [4.78, 5) is 23.9. The van der Waals surface area contributed by atoms with Crippen LogP contribution in [0.15, 0.2) is 59.1 Å². The van der Waals surface area contributed by atoms with Crippen LogP contribution >= 0.6 is 15.9 Å². The molecule has 0 aromatic heterocycles. The predicted molar refractivity (Wildman–Crippen MR) is 111 cm³/mol. The van der Waals surface area contributed by atoms with Crippen molar-refractivity contribution < 1.29 is 24.5 Å². The Morgan fingerprint density at radius 1 is 1.11 bits per heavy atom. The molecule has 3 aromatic rings. The van der Waals surface area contributed by atoms with Crippen molar-refractivity contribution in [3.05, 3.63) is 75.8 Å². The number of rotatable bonds is 6. The Labute approximate surface area is 170 Å². The lowest BCUT2D eigenvalue weighted by atomic mass is 10.0. The molecule has 0 amide bonds. The van der Waals surface area contributed by atoms with Gasteiger partial charge in [-0.2, -0.15) is 0 Å². The topological polar surface area (TPSA) is 83.8 Å². The van der Waals surface area contributed by atoms with Crippen LogP contribution in [-0.2, 0) is 0 Å². The molecule has 0 saturated heterocycles. The van der Waals surface area contributed by atoms with Crippen LogP contribution in [0.5, 0.6) is 11.5 Å². The molecule has 5 nitrogen and oxygen atoms in total. The quantitative estimate of drug-likeness (QED) is 0.401. The zero-order chi connectivity index (χ0) is 20.3. The second-order valence-electron chi connectivity index (χ2n) is 5.98. The number of carboxylic acid groups (broad SMARTS) is 1. The summed E-state index contributed by atoms with van der Waals surface area (Å²) in [5.41, 5.74) is 0.300. The van der Waals surface area contributed by atoms with E-state index in [2.05, 4.69) is 15.9 Å². The molecule has 3 rings (SSSR count). The van der Waals surface area contributed by atoms with Crippen molar-refractivity contribution in [2.45, 2.75) is 6.92 Å². The first kappa shape index (κ1) is 19.6. The highest BCUT2D eigenvalue weighted by atomic mass is 79.9. The Kier molecular flexibility index (Phi) is 5.80. The number of phenols is 1. The van der Waals surface area contributed by atoms with Gasteiger partial charge in [-0.1, -0.05) is 46.3 Å². The van der Waals surface area contributed by atoms with Gasteiger partial charge in [0.15, 0.2) is 5.78 Å². The molecule has 0 saturated carbocycles. The van der Waals surface area contributed by atoms with E-state index in [1.54, 1.807) is 6.08 Å². The SMILES string of the molecule is CCOc1ccc2ccccc2c1/C=C/C(=O)c1cc(Br)cc(C(=O)O)c1O. The Hall–Kier alpha value is -3.12. The van der Waals surface area contributed by atoms with Crippen molar-refractivity contribution in [3.63, 3.8) is 0 Å². The van der Waals surface area contributed by atoms with Crippen LogP contribution in [0.25, 0.3) is 16.8 Å². The lowest BCUT2D eigenvalue weighted by Gasteiger charge is -2.11. The number of hydrogen-bond donors (Lipinski definition) is 2. The summed E-state index contributed by atoms with van der Waals surface area (Å²) in [6.45, 7) is 2.35. The third kappa shape index (κ3) is 3.92. The summed E-state index contributed by atoms with van der Waals surface area (Å²) in [7, 11) is 0. The van der Waals surface area contributed by atoms with Crippen molar-refractivity contribution in [1.29, 1.82) is 0 Å². The Balaban J connectivity index is 2.06. The second kappa shape index (κ2) is 8.27. The minimum atomic E-state index is -1.32. The molecule has 0 radical (unpaired) electrons. The van der Waals surface area contributed by atoms with E-state index in [0.29, 0.717) is 16.8 Å². The van der Waals surface area contributed by atoms with E-state index in [-0.39, 0.29) is 11.1 Å². The summed E-state index contributed by atoms with van der Waals surface area (Å²) in [6.07, 6.45) is 2.92. The maximum absolute atomic E-state index is 12.7. The average molecular weight is 441 g/mol. The molecule has 0 heterocycles. The van der Waals surface area contributed by atoms with E-state index in [1.165, 1.54) is 18.2 Å². The third-order valence-electron chi connectivity index (χ3n) is 4.20. The molecule has 142 valence electrons. The van der Waals surface area contributed by atoms with Crippen molar-refractivity contribution in [3.8, 4) is 11.5 Å². The van der Waals surface area contributed by atoms with Crippen molar-refractivity contribution in [1.82, 2.24) is 0 Å². The molecule has 0 unspecified atom stereocenters. The van der Waals surface area contributed by atoms with E-state index in [9.17, 15) is 19.8 Å². The van der Waals surface area contributed by atoms with Crippen LogP contribution in [0, 0.1) is 0 Å². The van der Waals surface area contributed by atoms with E-state index in [0.717, 1.165) is 16.3 Å². The molecule has 3 aromatic carbocycles. The number of carbonyl (C=O) groups excluding carboxylic acids is 1. The predicted octanol–water partition coefficient (Wildman–Crippen LogP) is 5.30. The van der Waals surface area contributed by atoms with Gasteiger partial charge in [0.25, 0.3) is 0 Å². The Morgan fingerprint density at radius 2 is 1.82 bits per heavy atom. The number of ether oxygens (including phenoxy) is 1. The zero-order valence-corrected chi connectivity index (χ0v) is 16.6. The molecule has 0 atom stereocenters. The molecule has 28 heavy (non-hydrogen) atoms. The first-order chi connectivity index (χ1) is 13.4. The minimum absolute atomic E-state index is 0.0961. The molecule has 0 aliphatic heterocycles. The molecule has 6 heteroatoms. The van der Waals surface area contributed by atoms with Gasteiger partial charge in [-0.15, -0.1) is 0 Å². The summed E-state index contributed by atoms with van der Waals surface area (Å²) in [5, 5.41) is 21.3. The number of benzene rings is 3.